The predicted octanol–water partition coefficient (Wildman–Crippen LogP) is 1.36. The zero-order valence-corrected chi connectivity index (χ0v) is 12.6. The molecule has 0 aliphatic rings. The van der Waals surface area contributed by atoms with Crippen molar-refractivity contribution in [3.05, 3.63) is 35.7 Å². The van der Waals surface area contributed by atoms with Gasteiger partial charge in [0.1, 0.15) is 6.33 Å². The molecule has 7 heteroatoms. The normalized spacial score (nSPS) is 10.4. The van der Waals surface area contributed by atoms with Crippen LogP contribution in [0, 0.1) is 6.92 Å². The Morgan fingerprint density at radius 2 is 2.19 bits per heavy atom. The van der Waals surface area contributed by atoms with Crippen molar-refractivity contribution in [2.75, 3.05) is 11.9 Å². The number of nitrogens with zero attached hydrogens (tertiary/aromatic N) is 4. The van der Waals surface area contributed by atoms with E-state index in [2.05, 4.69) is 25.8 Å². The van der Waals surface area contributed by atoms with Crippen LogP contribution in [-0.4, -0.2) is 32.2 Å². The third kappa shape index (κ3) is 3.56. The van der Waals surface area contributed by atoms with Gasteiger partial charge in [0, 0.05) is 25.0 Å². The molecule has 2 heterocycles. The van der Waals surface area contributed by atoms with Crippen molar-refractivity contribution in [3.8, 4) is 0 Å². The largest absolute Gasteiger partial charge is 0.385 e. The van der Waals surface area contributed by atoms with Crippen LogP contribution in [0.4, 0.5) is 5.69 Å². The maximum atomic E-state index is 12.3. The van der Waals surface area contributed by atoms with Gasteiger partial charge in [-0.2, -0.15) is 0 Å². The topological polar surface area (TPSA) is 84.7 Å². The number of aryl methyl sites for hydroxylation is 2. The standard InChI is InChI=1S/C14H20N6O/c1-4-15-12-6-10(3)16-7-11(12)14(21)17-8-13-19-18-9-20(13)5-2/h6-7,9H,4-5,8H2,1-3H3,(H,15,16)(H,17,21). The average Bonchev–Trinajstić information content (AvgIpc) is 2.93. The highest BCUT2D eigenvalue weighted by atomic mass is 16.1. The summed E-state index contributed by atoms with van der Waals surface area (Å²) < 4.78 is 1.89. The Kier molecular flexibility index (Phi) is 4.86. The van der Waals surface area contributed by atoms with E-state index < -0.39 is 0 Å². The first-order valence-corrected chi connectivity index (χ1v) is 7.01. The molecule has 0 saturated heterocycles. The lowest BCUT2D eigenvalue weighted by Gasteiger charge is -2.11. The molecule has 2 aromatic rings. The van der Waals surface area contributed by atoms with Crippen molar-refractivity contribution in [3.63, 3.8) is 0 Å². The zero-order chi connectivity index (χ0) is 15.2. The number of amides is 1. The molecule has 0 bridgehead atoms. The van der Waals surface area contributed by atoms with E-state index in [1.165, 1.54) is 0 Å². The van der Waals surface area contributed by atoms with Gasteiger partial charge in [-0.3, -0.25) is 9.78 Å². The minimum absolute atomic E-state index is 0.177. The first kappa shape index (κ1) is 15.0. The van der Waals surface area contributed by atoms with Crippen molar-refractivity contribution in [1.29, 1.82) is 0 Å². The number of nitrogens with one attached hydrogen (secondary N) is 2. The van der Waals surface area contributed by atoms with Crippen molar-refractivity contribution in [2.45, 2.75) is 33.9 Å². The van der Waals surface area contributed by atoms with Crippen LogP contribution >= 0.6 is 0 Å². The Hall–Kier alpha value is -2.44. The van der Waals surface area contributed by atoms with E-state index in [-0.39, 0.29) is 5.91 Å². The second-order valence-corrected chi connectivity index (χ2v) is 4.62. The van der Waals surface area contributed by atoms with E-state index in [4.69, 9.17) is 0 Å². The van der Waals surface area contributed by atoms with Gasteiger partial charge < -0.3 is 15.2 Å². The Morgan fingerprint density at radius 3 is 2.90 bits per heavy atom. The molecule has 0 aliphatic carbocycles. The monoisotopic (exact) mass is 288 g/mol. The molecule has 2 rings (SSSR count). The van der Waals surface area contributed by atoms with Crippen molar-refractivity contribution in [2.24, 2.45) is 0 Å². The number of anilines is 1. The summed E-state index contributed by atoms with van der Waals surface area (Å²) in [6, 6.07) is 1.87. The summed E-state index contributed by atoms with van der Waals surface area (Å²) in [5.41, 5.74) is 2.19. The summed E-state index contributed by atoms with van der Waals surface area (Å²) >= 11 is 0. The second-order valence-electron chi connectivity index (χ2n) is 4.62. The number of rotatable bonds is 6. The number of carbonyl (C=O) groups is 1. The van der Waals surface area contributed by atoms with Gasteiger partial charge in [-0.1, -0.05) is 0 Å². The maximum absolute atomic E-state index is 12.3. The zero-order valence-electron chi connectivity index (χ0n) is 12.6. The highest BCUT2D eigenvalue weighted by molar-refractivity contribution is 5.99. The summed E-state index contributed by atoms with van der Waals surface area (Å²) in [5, 5.41) is 13.9. The Bertz CT molecular complexity index is 622. The van der Waals surface area contributed by atoms with E-state index in [0.29, 0.717) is 12.1 Å². The molecular weight excluding hydrogens is 268 g/mol. The molecule has 0 unspecified atom stereocenters. The molecule has 2 aromatic heterocycles. The molecule has 0 aliphatic heterocycles. The van der Waals surface area contributed by atoms with Gasteiger partial charge in [0.05, 0.1) is 17.8 Å². The highest BCUT2D eigenvalue weighted by Gasteiger charge is 2.13. The molecule has 0 radical (unpaired) electrons. The molecule has 112 valence electrons. The third-order valence-electron chi connectivity index (χ3n) is 3.10. The average molecular weight is 288 g/mol. The fraction of sp³-hybridized carbons (Fsp3) is 0.429. The molecule has 0 saturated carbocycles. The van der Waals surface area contributed by atoms with Gasteiger partial charge in [0.2, 0.25) is 0 Å². The van der Waals surface area contributed by atoms with Crippen molar-refractivity contribution < 1.29 is 4.79 Å². The summed E-state index contributed by atoms with van der Waals surface area (Å²) in [4.78, 5) is 16.5. The molecule has 0 spiro atoms. The van der Waals surface area contributed by atoms with Gasteiger partial charge in [0.25, 0.3) is 5.91 Å². The smallest absolute Gasteiger partial charge is 0.255 e. The van der Waals surface area contributed by atoms with Gasteiger partial charge >= 0.3 is 0 Å². The van der Waals surface area contributed by atoms with Crippen LogP contribution in [-0.2, 0) is 13.1 Å². The summed E-state index contributed by atoms with van der Waals surface area (Å²) in [6.45, 7) is 7.74. The summed E-state index contributed by atoms with van der Waals surface area (Å²) in [7, 11) is 0. The van der Waals surface area contributed by atoms with Crippen molar-refractivity contribution >= 4 is 11.6 Å². The van der Waals surface area contributed by atoms with E-state index in [0.717, 1.165) is 30.3 Å². The van der Waals surface area contributed by atoms with Crippen LogP contribution < -0.4 is 10.6 Å². The quantitative estimate of drug-likeness (QED) is 0.838. The molecule has 2 N–H and O–H groups in total. The number of hydrogen-bond donors (Lipinski definition) is 2. The second kappa shape index (κ2) is 6.83. The fourth-order valence-electron chi connectivity index (χ4n) is 2.01. The number of carbonyl (C=O) groups excluding carboxylic acids is 1. The van der Waals surface area contributed by atoms with E-state index in [1.54, 1.807) is 12.5 Å². The minimum Gasteiger partial charge on any atom is -0.385 e. The molecule has 21 heavy (non-hydrogen) atoms. The van der Waals surface area contributed by atoms with Crippen LogP contribution in [0.15, 0.2) is 18.6 Å². The Labute approximate surface area is 123 Å². The molecule has 0 aromatic carbocycles. The van der Waals surface area contributed by atoms with Crippen LogP contribution in [0.1, 0.15) is 35.7 Å². The third-order valence-corrected chi connectivity index (χ3v) is 3.10. The Balaban J connectivity index is 2.10. The summed E-state index contributed by atoms with van der Waals surface area (Å²) in [5.74, 6) is 0.556. The first-order valence-electron chi connectivity index (χ1n) is 7.01. The number of hydrogen-bond acceptors (Lipinski definition) is 5. The van der Waals surface area contributed by atoms with Crippen LogP contribution in [0.5, 0.6) is 0 Å². The summed E-state index contributed by atoms with van der Waals surface area (Å²) in [6.07, 6.45) is 3.24. The SMILES string of the molecule is CCNc1cc(C)ncc1C(=O)NCc1nncn1CC. The minimum atomic E-state index is -0.177. The number of pyridine rings is 1. The lowest BCUT2D eigenvalue weighted by molar-refractivity contribution is 0.0950. The number of aromatic nitrogens is 4. The fourth-order valence-corrected chi connectivity index (χ4v) is 2.01. The molecular formula is C14H20N6O. The highest BCUT2D eigenvalue weighted by Crippen LogP contribution is 2.15. The van der Waals surface area contributed by atoms with Gasteiger partial charge in [-0.25, -0.2) is 0 Å². The predicted molar refractivity (Wildman–Crippen MR) is 80.0 cm³/mol. The van der Waals surface area contributed by atoms with Gasteiger partial charge in [-0.15, -0.1) is 10.2 Å². The lowest BCUT2D eigenvalue weighted by Crippen LogP contribution is -2.26. The van der Waals surface area contributed by atoms with Crippen LogP contribution in [0.3, 0.4) is 0 Å². The van der Waals surface area contributed by atoms with Crippen LogP contribution in [0.2, 0.25) is 0 Å². The Morgan fingerprint density at radius 1 is 1.38 bits per heavy atom. The maximum Gasteiger partial charge on any atom is 0.255 e. The molecule has 1 amide bonds. The van der Waals surface area contributed by atoms with Gasteiger partial charge in [0.15, 0.2) is 5.82 Å². The molecule has 0 fully saturated rings. The van der Waals surface area contributed by atoms with E-state index >= 15 is 0 Å². The van der Waals surface area contributed by atoms with E-state index in [9.17, 15) is 4.79 Å². The van der Waals surface area contributed by atoms with Gasteiger partial charge in [-0.05, 0) is 26.8 Å². The first-order chi connectivity index (χ1) is 10.2. The van der Waals surface area contributed by atoms with E-state index in [1.807, 2.05) is 31.4 Å². The lowest BCUT2D eigenvalue weighted by atomic mass is 10.2. The van der Waals surface area contributed by atoms with Crippen molar-refractivity contribution in [1.82, 2.24) is 25.1 Å². The molecule has 0 atom stereocenters. The van der Waals surface area contributed by atoms with Crippen LogP contribution in [0.25, 0.3) is 0 Å². The molecule has 7 nitrogen and oxygen atoms in total.